The molecule has 1 aromatic rings. The zero-order chi connectivity index (χ0) is 15.0. The molecule has 0 amide bonds. The first-order valence-corrected chi connectivity index (χ1v) is 7.77. The number of ether oxygens (including phenoxy) is 1. The Kier molecular flexibility index (Phi) is 7.63. The molecule has 20 heavy (non-hydrogen) atoms. The summed E-state index contributed by atoms with van der Waals surface area (Å²) < 4.78 is 5.48. The van der Waals surface area contributed by atoms with E-state index in [1.807, 2.05) is 12.1 Å². The maximum atomic E-state index is 5.48. The molecular weight excluding hydrogens is 248 g/mol. The second-order valence-corrected chi connectivity index (χ2v) is 5.26. The highest BCUT2D eigenvalue weighted by molar-refractivity contribution is 5.35. The highest BCUT2D eigenvalue weighted by Crippen LogP contribution is 2.27. The molecular formula is C17H30N2O. The lowest BCUT2D eigenvalue weighted by Gasteiger charge is -2.28. The summed E-state index contributed by atoms with van der Waals surface area (Å²) in [7, 11) is 1.74. The van der Waals surface area contributed by atoms with Crippen molar-refractivity contribution in [1.29, 1.82) is 0 Å². The van der Waals surface area contributed by atoms with Gasteiger partial charge in [-0.2, -0.15) is 0 Å². The highest BCUT2D eigenvalue weighted by atomic mass is 16.5. The number of nitrogens with one attached hydrogen (secondary N) is 1. The second-order valence-electron chi connectivity index (χ2n) is 5.26. The van der Waals surface area contributed by atoms with Crippen LogP contribution in [-0.2, 0) is 0 Å². The van der Waals surface area contributed by atoms with Gasteiger partial charge in [-0.05, 0) is 32.5 Å². The van der Waals surface area contributed by atoms with Gasteiger partial charge in [0, 0.05) is 24.2 Å². The molecule has 0 spiro atoms. The Hall–Kier alpha value is -1.06. The molecule has 0 aliphatic rings. The average Bonchev–Trinajstić information content (AvgIpc) is 2.50. The van der Waals surface area contributed by atoms with Crippen molar-refractivity contribution < 1.29 is 4.74 Å². The van der Waals surface area contributed by atoms with E-state index in [1.54, 1.807) is 7.11 Å². The van der Waals surface area contributed by atoms with Crippen LogP contribution in [0.15, 0.2) is 24.3 Å². The van der Waals surface area contributed by atoms with Gasteiger partial charge in [0.2, 0.25) is 0 Å². The van der Waals surface area contributed by atoms with Crippen LogP contribution in [0.25, 0.3) is 0 Å². The lowest BCUT2D eigenvalue weighted by atomic mass is 10.0. The Labute approximate surface area is 124 Å². The van der Waals surface area contributed by atoms with Crippen molar-refractivity contribution in [2.24, 2.45) is 0 Å². The maximum absolute atomic E-state index is 5.48. The Morgan fingerprint density at radius 3 is 2.35 bits per heavy atom. The number of likely N-dealkylation sites (N-methyl/N-ethyl adjacent to an activating group) is 1. The normalized spacial score (nSPS) is 14.3. The van der Waals surface area contributed by atoms with Gasteiger partial charge in [-0.25, -0.2) is 0 Å². The summed E-state index contributed by atoms with van der Waals surface area (Å²) in [5.74, 6) is 0.974. The van der Waals surface area contributed by atoms with Gasteiger partial charge in [0.25, 0.3) is 0 Å². The summed E-state index contributed by atoms with van der Waals surface area (Å²) in [6, 6.07) is 9.10. The summed E-state index contributed by atoms with van der Waals surface area (Å²) in [5.41, 5.74) is 1.25. The number of hydrogen-bond acceptors (Lipinski definition) is 3. The Morgan fingerprint density at radius 1 is 1.15 bits per heavy atom. The molecule has 0 aliphatic carbocycles. The third kappa shape index (κ3) is 4.80. The van der Waals surface area contributed by atoms with E-state index in [4.69, 9.17) is 4.74 Å². The molecule has 0 bridgehead atoms. The zero-order valence-electron chi connectivity index (χ0n) is 13.6. The van der Waals surface area contributed by atoms with Crippen molar-refractivity contribution >= 4 is 0 Å². The highest BCUT2D eigenvalue weighted by Gasteiger charge is 2.17. The fraction of sp³-hybridized carbons (Fsp3) is 0.647. The van der Waals surface area contributed by atoms with E-state index in [2.05, 4.69) is 50.0 Å². The SMILES string of the molecule is CCC(NC(C)CN(CC)CC)c1ccccc1OC. The largest absolute Gasteiger partial charge is 0.496 e. The summed E-state index contributed by atoms with van der Waals surface area (Å²) in [4.78, 5) is 2.45. The van der Waals surface area contributed by atoms with E-state index < -0.39 is 0 Å². The monoisotopic (exact) mass is 278 g/mol. The van der Waals surface area contributed by atoms with Crippen molar-refractivity contribution in [3.05, 3.63) is 29.8 Å². The quantitative estimate of drug-likeness (QED) is 0.748. The van der Waals surface area contributed by atoms with Crippen LogP contribution in [0.4, 0.5) is 0 Å². The molecule has 0 saturated heterocycles. The van der Waals surface area contributed by atoms with Gasteiger partial charge >= 0.3 is 0 Å². The predicted molar refractivity (Wildman–Crippen MR) is 86.4 cm³/mol. The van der Waals surface area contributed by atoms with E-state index in [-0.39, 0.29) is 0 Å². The summed E-state index contributed by atoms with van der Waals surface area (Å²) in [6.45, 7) is 12.2. The minimum Gasteiger partial charge on any atom is -0.496 e. The minimum absolute atomic E-state index is 0.344. The van der Waals surface area contributed by atoms with E-state index in [1.165, 1.54) is 5.56 Å². The number of methoxy groups -OCH3 is 1. The fourth-order valence-electron chi connectivity index (χ4n) is 2.65. The number of nitrogens with zero attached hydrogens (tertiary/aromatic N) is 1. The van der Waals surface area contributed by atoms with Gasteiger partial charge in [-0.1, -0.05) is 39.0 Å². The smallest absolute Gasteiger partial charge is 0.123 e. The van der Waals surface area contributed by atoms with Gasteiger partial charge in [0.05, 0.1) is 7.11 Å². The first-order valence-electron chi connectivity index (χ1n) is 7.77. The number of hydrogen-bond donors (Lipinski definition) is 1. The Bertz CT molecular complexity index is 377. The standard InChI is InChI=1S/C17H30N2O/c1-6-16(15-11-9-10-12-17(15)20-5)18-14(4)13-19(7-2)8-3/h9-12,14,16,18H,6-8,13H2,1-5H3. The van der Waals surface area contributed by atoms with E-state index in [0.29, 0.717) is 12.1 Å². The van der Waals surface area contributed by atoms with Crippen LogP contribution in [0.3, 0.4) is 0 Å². The van der Waals surface area contributed by atoms with Crippen LogP contribution in [0.1, 0.15) is 45.7 Å². The Balaban J connectivity index is 2.71. The van der Waals surface area contributed by atoms with Crippen LogP contribution in [0, 0.1) is 0 Å². The molecule has 3 heteroatoms. The lowest BCUT2D eigenvalue weighted by molar-refractivity contribution is 0.259. The van der Waals surface area contributed by atoms with Crippen molar-refractivity contribution in [2.45, 2.75) is 46.2 Å². The molecule has 0 heterocycles. The molecule has 0 fully saturated rings. The zero-order valence-corrected chi connectivity index (χ0v) is 13.6. The van der Waals surface area contributed by atoms with Crippen LogP contribution in [0.2, 0.25) is 0 Å². The average molecular weight is 278 g/mol. The van der Waals surface area contributed by atoms with Crippen LogP contribution >= 0.6 is 0 Å². The van der Waals surface area contributed by atoms with Crippen molar-refractivity contribution in [1.82, 2.24) is 10.2 Å². The van der Waals surface area contributed by atoms with Gasteiger partial charge in [0.15, 0.2) is 0 Å². The van der Waals surface area contributed by atoms with Crippen LogP contribution in [0.5, 0.6) is 5.75 Å². The van der Waals surface area contributed by atoms with Crippen LogP contribution in [-0.4, -0.2) is 37.7 Å². The fourth-order valence-corrected chi connectivity index (χ4v) is 2.65. The van der Waals surface area contributed by atoms with Gasteiger partial charge in [-0.15, -0.1) is 0 Å². The topological polar surface area (TPSA) is 24.5 Å². The summed E-state index contributed by atoms with van der Waals surface area (Å²) in [6.07, 6.45) is 1.06. The van der Waals surface area contributed by atoms with Gasteiger partial charge in [0.1, 0.15) is 5.75 Å². The molecule has 1 rings (SSSR count). The van der Waals surface area contributed by atoms with Crippen molar-refractivity contribution in [2.75, 3.05) is 26.7 Å². The minimum atomic E-state index is 0.344. The molecule has 2 atom stereocenters. The first kappa shape index (κ1) is 17.0. The number of benzene rings is 1. The molecule has 0 aromatic heterocycles. The molecule has 1 aromatic carbocycles. The third-order valence-corrected chi connectivity index (χ3v) is 3.83. The Morgan fingerprint density at radius 2 is 1.80 bits per heavy atom. The third-order valence-electron chi connectivity index (χ3n) is 3.83. The first-order chi connectivity index (χ1) is 9.65. The van der Waals surface area contributed by atoms with Crippen molar-refractivity contribution in [3.63, 3.8) is 0 Å². The molecule has 0 aliphatic heterocycles. The van der Waals surface area contributed by atoms with Gasteiger partial charge < -0.3 is 15.0 Å². The molecule has 3 nitrogen and oxygen atoms in total. The van der Waals surface area contributed by atoms with E-state index in [9.17, 15) is 0 Å². The second kappa shape index (κ2) is 8.98. The van der Waals surface area contributed by atoms with Gasteiger partial charge in [-0.3, -0.25) is 0 Å². The summed E-state index contributed by atoms with van der Waals surface area (Å²) >= 11 is 0. The van der Waals surface area contributed by atoms with Crippen LogP contribution < -0.4 is 10.1 Å². The number of para-hydroxylation sites is 1. The molecule has 2 unspecified atom stereocenters. The molecule has 114 valence electrons. The predicted octanol–water partition coefficient (Wildman–Crippen LogP) is 3.47. The maximum Gasteiger partial charge on any atom is 0.123 e. The molecule has 0 saturated carbocycles. The van der Waals surface area contributed by atoms with Crippen molar-refractivity contribution in [3.8, 4) is 5.75 Å². The number of rotatable bonds is 9. The lowest BCUT2D eigenvalue weighted by Crippen LogP contribution is -2.40. The molecule has 0 radical (unpaired) electrons. The summed E-state index contributed by atoms with van der Waals surface area (Å²) in [5, 5.41) is 3.74. The van der Waals surface area contributed by atoms with E-state index in [0.717, 1.165) is 31.8 Å². The molecule has 1 N–H and O–H groups in total. The van der Waals surface area contributed by atoms with E-state index >= 15 is 0 Å².